The number of benzene rings is 2. The molecule has 3 rings (SSSR count). The molecule has 1 heterocycles. The molecule has 0 radical (unpaired) electrons. The van der Waals surface area contributed by atoms with E-state index in [1.807, 2.05) is 42.7 Å². The molecular weight excluding hydrogens is 384 g/mol. The van der Waals surface area contributed by atoms with Crippen LogP contribution in [0.3, 0.4) is 0 Å². The van der Waals surface area contributed by atoms with Crippen LogP contribution < -0.4 is 4.74 Å². The molecule has 0 aliphatic heterocycles. The number of aryl methyl sites for hydroxylation is 1. The Morgan fingerprint density at radius 2 is 1.93 bits per heavy atom. The molecule has 0 unspecified atom stereocenters. The van der Waals surface area contributed by atoms with Gasteiger partial charge in [0, 0.05) is 17.7 Å². The fourth-order valence-corrected chi connectivity index (χ4v) is 3.61. The molecule has 5 nitrogen and oxygen atoms in total. The molecule has 146 valence electrons. The molecule has 2 aromatic carbocycles. The third-order valence-electron chi connectivity index (χ3n) is 4.04. The number of halogens is 2. The van der Waals surface area contributed by atoms with Crippen LogP contribution in [0.5, 0.6) is 5.75 Å². The van der Waals surface area contributed by atoms with Crippen LogP contribution in [0, 0.1) is 6.92 Å². The summed E-state index contributed by atoms with van der Waals surface area (Å²) in [7, 11) is 0. The number of carbonyl (C=O) groups is 1. The summed E-state index contributed by atoms with van der Waals surface area (Å²) in [4.78, 5) is 12.4. The number of ketones is 1. The van der Waals surface area contributed by atoms with Crippen LogP contribution in [-0.2, 0) is 6.54 Å². The molecule has 0 aliphatic carbocycles. The van der Waals surface area contributed by atoms with E-state index in [-0.39, 0.29) is 17.3 Å². The zero-order valence-corrected chi connectivity index (χ0v) is 16.2. The standard InChI is InChI=1S/C20H19F2N3O2S/c1-3-25-18(15-6-4-5-13(2)11-15)23-24-20(25)28-12-17(26)14-7-9-16(10-8-14)27-19(21)22/h4-11,19H,3,12H2,1-2H3. The van der Waals surface area contributed by atoms with E-state index in [9.17, 15) is 13.6 Å². The molecular formula is C20H19F2N3O2S. The highest BCUT2D eigenvalue weighted by molar-refractivity contribution is 7.99. The lowest BCUT2D eigenvalue weighted by atomic mass is 10.1. The SMILES string of the molecule is CCn1c(SCC(=O)c2ccc(OC(F)F)cc2)nnc1-c1cccc(C)c1. The van der Waals surface area contributed by atoms with Crippen LogP contribution in [0.1, 0.15) is 22.8 Å². The van der Waals surface area contributed by atoms with Crippen molar-refractivity contribution in [2.24, 2.45) is 0 Å². The average molecular weight is 403 g/mol. The van der Waals surface area contributed by atoms with Crippen molar-refractivity contribution in [3.63, 3.8) is 0 Å². The number of Topliss-reactive ketones (excluding diaryl/α,β-unsaturated/α-hetero) is 1. The molecule has 1 aromatic heterocycles. The van der Waals surface area contributed by atoms with Crippen molar-refractivity contribution >= 4 is 17.5 Å². The summed E-state index contributed by atoms with van der Waals surface area (Å²) in [5, 5.41) is 9.16. The van der Waals surface area contributed by atoms with Crippen molar-refractivity contribution in [3.8, 4) is 17.1 Å². The lowest BCUT2D eigenvalue weighted by molar-refractivity contribution is -0.0498. The lowest BCUT2D eigenvalue weighted by Crippen LogP contribution is -2.06. The summed E-state index contributed by atoms with van der Waals surface area (Å²) in [6.07, 6.45) is 0. The highest BCUT2D eigenvalue weighted by atomic mass is 32.2. The minimum atomic E-state index is -2.89. The first kappa shape index (κ1) is 20.0. The van der Waals surface area contributed by atoms with Crippen molar-refractivity contribution in [2.75, 3.05) is 5.75 Å². The molecule has 3 aromatic rings. The van der Waals surface area contributed by atoms with Crippen LogP contribution in [0.2, 0.25) is 0 Å². The molecule has 0 atom stereocenters. The van der Waals surface area contributed by atoms with Crippen LogP contribution in [-0.4, -0.2) is 32.9 Å². The number of carbonyl (C=O) groups excluding carboxylic acids is 1. The number of hydrogen-bond acceptors (Lipinski definition) is 5. The summed E-state index contributed by atoms with van der Waals surface area (Å²) in [5.41, 5.74) is 2.53. The topological polar surface area (TPSA) is 57.0 Å². The molecule has 28 heavy (non-hydrogen) atoms. The minimum absolute atomic E-state index is 0.0210. The van der Waals surface area contributed by atoms with E-state index in [0.29, 0.717) is 17.3 Å². The Morgan fingerprint density at radius 1 is 1.18 bits per heavy atom. The highest BCUT2D eigenvalue weighted by Gasteiger charge is 2.15. The Bertz CT molecular complexity index is 958. The van der Waals surface area contributed by atoms with Gasteiger partial charge in [0.2, 0.25) is 0 Å². The molecule has 0 aliphatic rings. The lowest BCUT2D eigenvalue weighted by Gasteiger charge is -2.08. The van der Waals surface area contributed by atoms with E-state index in [1.165, 1.54) is 36.0 Å². The zero-order valence-electron chi connectivity index (χ0n) is 15.4. The van der Waals surface area contributed by atoms with E-state index in [4.69, 9.17) is 0 Å². The fraction of sp³-hybridized carbons (Fsp3) is 0.250. The Hall–Kier alpha value is -2.74. The third-order valence-corrected chi connectivity index (χ3v) is 5.01. The Kier molecular flexibility index (Phi) is 6.41. The van der Waals surface area contributed by atoms with Crippen molar-refractivity contribution < 1.29 is 18.3 Å². The maximum Gasteiger partial charge on any atom is 0.387 e. The van der Waals surface area contributed by atoms with Gasteiger partial charge in [-0.2, -0.15) is 8.78 Å². The van der Waals surface area contributed by atoms with Gasteiger partial charge in [0.05, 0.1) is 5.75 Å². The van der Waals surface area contributed by atoms with Crippen LogP contribution in [0.4, 0.5) is 8.78 Å². The molecule has 0 N–H and O–H groups in total. The third kappa shape index (κ3) is 4.75. The van der Waals surface area contributed by atoms with Crippen molar-refractivity contribution in [2.45, 2.75) is 32.2 Å². The Morgan fingerprint density at radius 3 is 2.57 bits per heavy atom. The first-order valence-corrected chi connectivity index (χ1v) is 9.67. The summed E-state index contributed by atoms with van der Waals surface area (Å²) in [6, 6.07) is 13.7. The van der Waals surface area contributed by atoms with E-state index >= 15 is 0 Å². The smallest absolute Gasteiger partial charge is 0.387 e. The van der Waals surface area contributed by atoms with Gasteiger partial charge in [0.25, 0.3) is 0 Å². The molecule has 8 heteroatoms. The zero-order chi connectivity index (χ0) is 20.1. The number of rotatable bonds is 8. The van der Waals surface area contributed by atoms with E-state index in [1.54, 1.807) is 0 Å². The van der Waals surface area contributed by atoms with Gasteiger partial charge in [0.15, 0.2) is 16.8 Å². The summed E-state index contributed by atoms with van der Waals surface area (Å²) in [5.74, 6) is 0.819. The van der Waals surface area contributed by atoms with E-state index in [0.717, 1.165) is 17.0 Å². The molecule has 0 saturated heterocycles. The minimum Gasteiger partial charge on any atom is -0.435 e. The van der Waals surface area contributed by atoms with Crippen LogP contribution in [0.15, 0.2) is 53.7 Å². The predicted octanol–water partition coefficient (Wildman–Crippen LogP) is 4.85. The van der Waals surface area contributed by atoms with Crippen LogP contribution >= 0.6 is 11.8 Å². The van der Waals surface area contributed by atoms with Gasteiger partial charge in [-0.15, -0.1) is 10.2 Å². The first-order valence-electron chi connectivity index (χ1n) is 8.69. The second-order valence-electron chi connectivity index (χ2n) is 6.03. The number of ether oxygens (including phenoxy) is 1. The van der Waals surface area contributed by atoms with Crippen molar-refractivity contribution in [3.05, 3.63) is 59.7 Å². The van der Waals surface area contributed by atoms with E-state index < -0.39 is 6.61 Å². The van der Waals surface area contributed by atoms with Gasteiger partial charge in [0.1, 0.15) is 5.75 Å². The molecule has 0 bridgehead atoms. The average Bonchev–Trinajstić information content (AvgIpc) is 3.09. The number of aromatic nitrogens is 3. The molecule has 0 saturated carbocycles. The number of thioether (sulfide) groups is 1. The van der Waals surface area contributed by atoms with E-state index in [2.05, 4.69) is 14.9 Å². The van der Waals surface area contributed by atoms with Crippen molar-refractivity contribution in [1.82, 2.24) is 14.8 Å². The second-order valence-corrected chi connectivity index (χ2v) is 6.98. The Balaban J connectivity index is 1.70. The maximum atomic E-state index is 12.4. The number of nitrogens with zero attached hydrogens (tertiary/aromatic N) is 3. The molecule has 0 spiro atoms. The van der Waals surface area contributed by atoms with Gasteiger partial charge < -0.3 is 9.30 Å². The monoisotopic (exact) mass is 403 g/mol. The van der Waals surface area contributed by atoms with Gasteiger partial charge in [-0.25, -0.2) is 0 Å². The van der Waals surface area contributed by atoms with Gasteiger partial charge in [-0.3, -0.25) is 4.79 Å². The second kappa shape index (κ2) is 8.97. The quantitative estimate of drug-likeness (QED) is 0.398. The first-order chi connectivity index (χ1) is 13.5. The number of hydrogen-bond donors (Lipinski definition) is 0. The summed E-state index contributed by atoms with van der Waals surface area (Å²) >= 11 is 1.30. The Labute approximate surface area is 165 Å². The van der Waals surface area contributed by atoms with Crippen LogP contribution in [0.25, 0.3) is 11.4 Å². The predicted molar refractivity (Wildman–Crippen MR) is 104 cm³/mol. The van der Waals surface area contributed by atoms with Crippen molar-refractivity contribution in [1.29, 1.82) is 0 Å². The summed E-state index contributed by atoms with van der Waals surface area (Å²) < 4.78 is 30.7. The van der Waals surface area contributed by atoms with Gasteiger partial charge in [-0.05, 0) is 44.2 Å². The summed E-state index contributed by atoms with van der Waals surface area (Å²) in [6.45, 7) is 1.80. The maximum absolute atomic E-state index is 12.4. The largest absolute Gasteiger partial charge is 0.435 e. The van der Waals surface area contributed by atoms with Gasteiger partial charge >= 0.3 is 6.61 Å². The highest BCUT2D eigenvalue weighted by Crippen LogP contribution is 2.25. The fourth-order valence-electron chi connectivity index (χ4n) is 2.71. The normalized spacial score (nSPS) is 11.0. The number of alkyl halides is 2. The van der Waals surface area contributed by atoms with Gasteiger partial charge in [-0.1, -0.05) is 35.5 Å². The molecule has 0 fully saturated rings. The molecule has 0 amide bonds.